The van der Waals surface area contributed by atoms with Crippen molar-refractivity contribution in [3.63, 3.8) is 0 Å². The molecule has 2 aliphatic rings. The van der Waals surface area contributed by atoms with Crippen LogP contribution in [-0.4, -0.2) is 61.0 Å². The number of ether oxygens (including phenoxy) is 2. The summed E-state index contributed by atoms with van der Waals surface area (Å²) in [7, 11) is 0. The Kier molecular flexibility index (Phi) is 7.75. The molecule has 34 heavy (non-hydrogen) atoms. The minimum atomic E-state index is -1.17. The lowest BCUT2D eigenvalue weighted by Gasteiger charge is -2.20. The number of carboxylic acid groups (broad SMARTS) is 1. The first-order valence-corrected chi connectivity index (χ1v) is 11.5. The molecule has 0 bridgehead atoms. The van der Waals surface area contributed by atoms with Gasteiger partial charge in [0.2, 0.25) is 0 Å². The van der Waals surface area contributed by atoms with Crippen LogP contribution in [0.15, 0.2) is 36.4 Å². The Balaban J connectivity index is 1.14. The molecule has 0 aromatic heterocycles. The number of benzene rings is 2. The summed E-state index contributed by atoms with van der Waals surface area (Å²) in [5.41, 5.74) is 1.05. The fourth-order valence-corrected chi connectivity index (χ4v) is 4.72. The number of nitrogens with one attached hydrogen (secondary N) is 1. The van der Waals surface area contributed by atoms with Crippen molar-refractivity contribution in [1.82, 2.24) is 10.2 Å². The van der Waals surface area contributed by atoms with Gasteiger partial charge in [-0.2, -0.15) is 0 Å². The summed E-state index contributed by atoms with van der Waals surface area (Å²) in [6.07, 6.45) is -0.555. The van der Waals surface area contributed by atoms with Crippen molar-refractivity contribution in [2.24, 2.45) is 11.8 Å². The molecule has 1 unspecified atom stereocenters. The largest absolute Gasteiger partial charge is 0.492 e. The Bertz CT molecular complexity index is 992. The Labute approximate surface area is 196 Å². The maximum atomic E-state index is 13.9. The number of rotatable bonds is 12. The van der Waals surface area contributed by atoms with Gasteiger partial charge in [-0.25, -0.2) is 18.0 Å². The van der Waals surface area contributed by atoms with E-state index in [4.69, 9.17) is 9.47 Å². The average Bonchev–Trinajstić information content (AvgIpc) is 3.25. The maximum Gasteiger partial charge on any atom is 0.333 e. The second-order valence-corrected chi connectivity index (χ2v) is 8.84. The van der Waals surface area contributed by atoms with E-state index in [1.165, 1.54) is 0 Å². The van der Waals surface area contributed by atoms with Crippen molar-refractivity contribution in [3.8, 4) is 5.75 Å². The first-order chi connectivity index (χ1) is 16.4. The quantitative estimate of drug-likeness (QED) is 0.361. The number of likely N-dealkylation sites (tertiary alicyclic amines) is 1. The molecule has 0 radical (unpaired) electrons. The first kappa shape index (κ1) is 24.5. The van der Waals surface area contributed by atoms with E-state index in [0.29, 0.717) is 55.9 Å². The van der Waals surface area contributed by atoms with Crippen molar-refractivity contribution >= 4 is 5.97 Å². The number of fused-ring (bicyclic) bond motifs is 1. The van der Waals surface area contributed by atoms with Crippen LogP contribution in [0, 0.1) is 29.3 Å². The zero-order chi connectivity index (χ0) is 24.2. The second kappa shape index (κ2) is 10.8. The van der Waals surface area contributed by atoms with Crippen LogP contribution in [0.1, 0.15) is 18.1 Å². The molecular weight excluding hydrogens is 449 g/mol. The van der Waals surface area contributed by atoms with Crippen LogP contribution in [-0.2, 0) is 22.5 Å². The van der Waals surface area contributed by atoms with Crippen molar-refractivity contribution in [2.45, 2.75) is 32.0 Å². The minimum absolute atomic E-state index is 0.181. The van der Waals surface area contributed by atoms with Crippen molar-refractivity contribution in [1.29, 1.82) is 0 Å². The molecule has 1 heterocycles. The minimum Gasteiger partial charge on any atom is -0.492 e. The van der Waals surface area contributed by atoms with Crippen molar-refractivity contribution < 1.29 is 32.5 Å². The fourth-order valence-electron chi connectivity index (χ4n) is 4.72. The smallest absolute Gasteiger partial charge is 0.333 e. The lowest BCUT2D eigenvalue weighted by molar-refractivity contribution is -0.149. The third-order valence-corrected chi connectivity index (χ3v) is 6.49. The maximum absolute atomic E-state index is 13.9. The van der Waals surface area contributed by atoms with E-state index in [-0.39, 0.29) is 12.1 Å². The van der Waals surface area contributed by atoms with Crippen LogP contribution in [0.4, 0.5) is 13.2 Å². The summed E-state index contributed by atoms with van der Waals surface area (Å²) >= 11 is 0. The van der Waals surface area contributed by atoms with Crippen LogP contribution in [0.25, 0.3) is 0 Å². The van der Waals surface area contributed by atoms with Gasteiger partial charge in [-0.3, -0.25) is 4.90 Å². The predicted octanol–water partition coefficient (Wildman–Crippen LogP) is 3.23. The predicted molar refractivity (Wildman–Crippen MR) is 119 cm³/mol. The lowest BCUT2D eigenvalue weighted by Crippen LogP contribution is -2.33. The monoisotopic (exact) mass is 478 g/mol. The second-order valence-electron chi connectivity index (χ2n) is 8.84. The molecule has 4 rings (SSSR count). The van der Waals surface area contributed by atoms with Crippen molar-refractivity contribution in [2.75, 3.05) is 32.8 Å². The van der Waals surface area contributed by atoms with E-state index in [2.05, 4.69) is 10.2 Å². The van der Waals surface area contributed by atoms with Gasteiger partial charge in [0, 0.05) is 56.9 Å². The van der Waals surface area contributed by atoms with Gasteiger partial charge in [-0.05, 0) is 42.5 Å². The average molecular weight is 479 g/mol. The Morgan fingerprint density at radius 1 is 1.12 bits per heavy atom. The Morgan fingerprint density at radius 2 is 1.79 bits per heavy atom. The number of halogens is 3. The molecule has 2 aromatic carbocycles. The first-order valence-electron chi connectivity index (χ1n) is 11.5. The molecule has 2 fully saturated rings. The summed E-state index contributed by atoms with van der Waals surface area (Å²) in [4.78, 5) is 13.3. The number of nitrogens with zero attached hydrogens (tertiary/aromatic N) is 1. The summed E-state index contributed by atoms with van der Waals surface area (Å²) in [5, 5.41) is 12.7. The van der Waals surface area contributed by atoms with Gasteiger partial charge in [0.15, 0.2) is 17.7 Å². The van der Waals surface area contributed by atoms with Gasteiger partial charge in [0.1, 0.15) is 18.2 Å². The number of piperidine rings is 1. The number of hydrogen-bond acceptors (Lipinski definition) is 5. The molecule has 184 valence electrons. The van der Waals surface area contributed by atoms with Crippen molar-refractivity contribution in [3.05, 3.63) is 65.0 Å². The molecule has 1 saturated heterocycles. The van der Waals surface area contributed by atoms with Crippen LogP contribution < -0.4 is 10.1 Å². The normalized spacial score (nSPS) is 22.4. The van der Waals surface area contributed by atoms with Crippen LogP contribution in [0.3, 0.4) is 0 Å². The molecular formula is C25H29F3N2O4. The van der Waals surface area contributed by atoms with E-state index in [1.54, 1.807) is 6.92 Å². The van der Waals surface area contributed by atoms with Crippen LogP contribution in [0.2, 0.25) is 0 Å². The topological polar surface area (TPSA) is 71.0 Å². The Hall–Kier alpha value is -2.62. The molecule has 2 N–H and O–H groups in total. The molecule has 9 heteroatoms. The zero-order valence-electron chi connectivity index (χ0n) is 19.0. The summed E-state index contributed by atoms with van der Waals surface area (Å²) in [5.74, 6) is -2.22. The fraction of sp³-hybridized carbons (Fsp3) is 0.480. The van der Waals surface area contributed by atoms with Gasteiger partial charge in [-0.1, -0.05) is 12.1 Å². The molecule has 4 atom stereocenters. The van der Waals surface area contributed by atoms with Gasteiger partial charge in [-0.15, -0.1) is 0 Å². The van der Waals surface area contributed by atoms with Crippen LogP contribution in [0.5, 0.6) is 5.75 Å². The third kappa shape index (κ3) is 5.89. The highest BCUT2D eigenvalue weighted by Crippen LogP contribution is 2.45. The number of aliphatic carboxylic acids is 1. The van der Waals surface area contributed by atoms with E-state index >= 15 is 0 Å². The van der Waals surface area contributed by atoms with Gasteiger partial charge in [0.25, 0.3) is 0 Å². The van der Waals surface area contributed by atoms with Crippen LogP contribution >= 0.6 is 0 Å². The van der Waals surface area contributed by atoms with Gasteiger partial charge in [0.05, 0.1) is 0 Å². The van der Waals surface area contributed by atoms with E-state index in [0.717, 1.165) is 24.7 Å². The number of hydrogen-bond donors (Lipinski definition) is 2. The Morgan fingerprint density at radius 3 is 2.44 bits per heavy atom. The van der Waals surface area contributed by atoms with Gasteiger partial charge < -0.3 is 19.9 Å². The highest BCUT2D eigenvalue weighted by Gasteiger charge is 2.55. The molecule has 1 aliphatic carbocycles. The number of carboxylic acids is 1. The third-order valence-electron chi connectivity index (χ3n) is 6.49. The number of carbonyl (C=O) groups is 1. The molecule has 1 saturated carbocycles. The molecule has 0 spiro atoms. The molecule has 2 aromatic rings. The highest BCUT2D eigenvalue weighted by atomic mass is 19.2. The standard InChI is InChI=1S/C25H29F3N2O4/c1-2-33-23(25(31)32)9-15-3-5-17(6-4-15)34-8-7-29-24-18-13-30(14-19(18)24)12-16-10-21(27)22(28)11-20(16)26/h3-6,10-11,18-19,23-24,29H,2,7-9,12-14H2,1H3,(H,31,32)/t18-,19?,23-,24+/m0/s1. The highest BCUT2D eigenvalue weighted by molar-refractivity contribution is 5.72. The summed E-state index contributed by atoms with van der Waals surface area (Å²) < 4.78 is 51.4. The molecule has 1 aliphatic heterocycles. The molecule has 0 amide bonds. The van der Waals surface area contributed by atoms with E-state index in [9.17, 15) is 23.1 Å². The van der Waals surface area contributed by atoms with Gasteiger partial charge >= 0.3 is 5.97 Å². The summed E-state index contributed by atoms with van der Waals surface area (Å²) in [6, 6.07) is 9.26. The SMILES string of the molecule is CCO[C@@H](Cc1ccc(OCCN[C@H]2C3CN(Cc4cc(F)c(F)cc4F)C[C@@H]32)cc1)C(=O)O. The lowest BCUT2D eigenvalue weighted by atomic mass is 10.1. The van der Waals surface area contributed by atoms with E-state index < -0.39 is 29.5 Å². The zero-order valence-corrected chi connectivity index (χ0v) is 19.0. The van der Waals surface area contributed by atoms with E-state index in [1.807, 2.05) is 24.3 Å². The molecule has 6 nitrogen and oxygen atoms in total. The summed E-state index contributed by atoms with van der Waals surface area (Å²) in [6.45, 7) is 5.16.